The standard InChI is InChI=1S/C72H116O6/c1-4-7-10-13-16-18-20-22-24-26-28-29-30-31-32-33-34-35-36-37-38-39-40-41-42-43-45-46-48-50-52-54-56-59-62-65-71(74)77-68-69(67-76-70(73)64-61-58-15-12-9-6-3)78-72(75)66-63-60-57-55-53-51-49-47-44-27-25-23-21-19-17-14-11-8-5-2/h7,10,16-19,22-25,28-29,31-32,34-35,37-38,40-41,43-45,47,69H,4-6,8-9,11-15,20-21,26-27,30,33,36,39,42,46,48-68H2,1-3H3/b10-7-,18-16-,19-17-,24-22-,25-23-,29-28-,32-31-,35-34-,38-37-,41-40-,45-43-,47-44-. The van der Waals surface area contributed by atoms with Gasteiger partial charge in [-0.25, -0.2) is 0 Å². The van der Waals surface area contributed by atoms with Crippen molar-refractivity contribution in [1.29, 1.82) is 0 Å². The van der Waals surface area contributed by atoms with E-state index in [1.54, 1.807) is 0 Å². The van der Waals surface area contributed by atoms with Gasteiger partial charge >= 0.3 is 17.9 Å². The van der Waals surface area contributed by atoms with Crippen molar-refractivity contribution in [2.75, 3.05) is 13.2 Å². The Morgan fingerprint density at radius 2 is 0.500 bits per heavy atom. The molecule has 0 saturated heterocycles. The first-order valence-electron chi connectivity index (χ1n) is 31.8. The van der Waals surface area contributed by atoms with E-state index in [1.165, 1.54) is 83.5 Å². The Bertz CT molecular complexity index is 1710. The van der Waals surface area contributed by atoms with Crippen LogP contribution in [0.2, 0.25) is 0 Å². The molecule has 0 aliphatic heterocycles. The quantitative estimate of drug-likeness (QED) is 0.0261. The second-order valence-corrected chi connectivity index (χ2v) is 20.6. The number of carbonyl (C=O) groups is 3. The van der Waals surface area contributed by atoms with E-state index in [9.17, 15) is 14.4 Å². The molecule has 0 heterocycles. The van der Waals surface area contributed by atoms with Gasteiger partial charge in [0.25, 0.3) is 0 Å². The smallest absolute Gasteiger partial charge is 0.306 e. The van der Waals surface area contributed by atoms with Gasteiger partial charge in [-0.15, -0.1) is 0 Å². The first-order chi connectivity index (χ1) is 38.5. The molecule has 440 valence electrons. The minimum Gasteiger partial charge on any atom is -0.462 e. The molecule has 0 fully saturated rings. The molecule has 0 amide bonds. The monoisotopic (exact) mass is 1080 g/mol. The maximum atomic E-state index is 12.8. The van der Waals surface area contributed by atoms with Crippen molar-refractivity contribution in [3.05, 3.63) is 146 Å². The summed E-state index contributed by atoms with van der Waals surface area (Å²) < 4.78 is 16.8. The molecule has 0 bridgehead atoms. The summed E-state index contributed by atoms with van der Waals surface area (Å²) in [4.78, 5) is 38.0. The zero-order valence-corrected chi connectivity index (χ0v) is 50.4. The second kappa shape index (κ2) is 64.8. The van der Waals surface area contributed by atoms with Crippen LogP contribution in [0.25, 0.3) is 0 Å². The summed E-state index contributed by atoms with van der Waals surface area (Å²) in [7, 11) is 0. The van der Waals surface area contributed by atoms with Crippen molar-refractivity contribution in [2.45, 2.75) is 277 Å². The van der Waals surface area contributed by atoms with E-state index >= 15 is 0 Å². The number of hydrogen-bond acceptors (Lipinski definition) is 6. The maximum Gasteiger partial charge on any atom is 0.306 e. The van der Waals surface area contributed by atoms with Crippen LogP contribution in [0.15, 0.2) is 146 Å². The zero-order chi connectivity index (χ0) is 56.4. The normalized spacial score (nSPS) is 13.1. The third-order valence-corrected chi connectivity index (χ3v) is 13.1. The van der Waals surface area contributed by atoms with Crippen LogP contribution in [0.1, 0.15) is 271 Å². The molecule has 0 aliphatic rings. The van der Waals surface area contributed by atoms with Crippen molar-refractivity contribution in [3.8, 4) is 0 Å². The molecule has 0 rings (SSSR count). The molecular weight excluding hydrogens is 961 g/mol. The third kappa shape index (κ3) is 62.1. The van der Waals surface area contributed by atoms with Crippen molar-refractivity contribution < 1.29 is 28.6 Å². The van der Waals surface area contributed by atoms with Crippen molar-refractivity contribution in [1.82, 2.24) is 0 Å². The van der Waals surface area contributed by atoms with E-state index in [0.29, 0.717) is 19.3 Å². The summed E-state index contributed by atoms with van der Waals surface area (Å²) in [6, 6.07) is 0. The van der Waals surface area contributed by atoms with Gasteiger partial charge in [0.05, 0.1) is 0 Å². The fraction of sp³-hybridized carbons (Fsp3) is 0.625. The molecule has 0 spiro atoms. The molecule has 6 nitrogen and oxygen atoms in total. The fourth-order valence-corrected chi connectivity index (χ4v) is 8.32. The van der Waals surface area contributed by atoms with Crippen molar-refractivity contribution in [3.63, 3.8) is 0 Å². The highest BCUT2D eigenvalue weighted by molar-refractivity contribution is 5.71. The molecule has 78 heavy (non-hydrogen) atoms. The van der Waals surface area contributed by atoms with Gasteiger partial charge in [-0.05, 0) is 128 Å². The van der Waals surface area contributed by atoms with Gasteiger partial charge in [-0.1, -0.05) is 269 Å². The predicted octanol–water partition coefficient (Wildman–Crippen LogP) is 21.9. The highest BCUT2D eigenvalue weighted by atomic mass is 16.6. The van der Waals surface area contributed by atoms with E-state index in [1.807, 2.05) is 0 Å². The first-order valence-corrected chi connectivity index (χ1v) is 31.8. The lowest BCUT2D eigenvalue weighted by Crippen LogP contribution is -2.30. The molecule has 0 aliphatic carbocycles. The average Bonchev–Trinajstić information content (AvgIpc) is 3.44. The summed E-state index contributed by atoms with van der Waals surface area (Å²) in [5, 5.41) is 0. The van der Waals surface area contributed by atoms with Gasteiger partial charge < -0.3 is 14.2 Å². The van der Waals surface area contributed by atoms with Crippen LogP contribution in [0, 0.1) is 0 Å². The van der Waals surface area contributed by atoms with Gasteiger partial charge in [-0.2, -0.15) is 0 Å². The highest BCUT2D eigenvalue weighted by Crippen LogP contribution is 2.14. The average molecular weight is 1080 g/mol. The summed E-state index contributed by atoms with van der Waals surface area (Å²) in [5.41, 5.74) is 0. The van der Waals surface area contributed by atoms with Gasteiger partial charge in [0.1, 0.15) is 13.2 Å². The minimum absolute atomic E-state index is 0.0904. The lowest BCUT2D eigenvalue weighted by atomic mass is 10.1. The Labute approximate surface area is 480 Å². The Balaban J connectivity index is 4.15. The molecule has 0 aromatic rings. The lowest BCUT2D eigenvalue weighted by Gasteiger charge is -2.18. The van der Waals surface area contributed by atoms with Crippen LogP contribution in [0.4, 0.5) is 0 Å². The van der Waals surface area contributed by atoms with Crippen LogP contribution >= 0.6 is 0 Å². The molecule has 1 unspecified atom stereocenters. The first kappa shape index (κ1) is 73.3. The zero-order valence-electron chi connectivity index (χ0n) is 50.4. The van der Waals surface area contributed by atoms with E-state index in [-0.39, 0.29) is 31.1 Å². The second-order valence-electron chi connectivity index (χ2n) is 20.6. The van der Waals surface area contributed by atoms with Crippen LogP contribution in [0.5, 0.6) is 0 Å². The number of ether oxygens (including phenoxy) is 3. The summed E-state index contributed by atoms with van der Waals surface area (Å²) in [5.74, 6) is -0.927. The number of carbonyl (C=O) groups excluding carboxylic acids is 3. The van der Waals surface area contributed by atoms with Gasteiger partial charge in [0.2, 0.25) is 0 Å². The number of allylic oxidation sites excluding steroid dienone is 24. The van der Waals surface area contributed by atoms with Gasteiger partial charge in [-0.3, -0.25) is 14.4 Å². The van der Waals surface area contributed by atoms with Crippen molar-refractivity contribution >= 4 is 17.9 Å². The molecule has 0 N–H and O–H groups in total. The largest absolute Gasteiger partial charge is 0.462 e. The van der Waals surface area contributed by atoms with E-state index < -0.39 is 6.10 Å². The van der Waals surface area contributed by atoms with Gasteiger partial charge in [0, 0.05) is 19.3 Å². The number of hydrogen-bond donors (Lipinski definition) is 0. The highest BCUT2D eigenvalue weighted by Gasteiger charge is 2.19. The molecule has 6 heteroatoms. The third-order valence-electron chi connectivity index (χ3n) is 13.1. The summed E-state index contributed by atoms with van der Waals surface area (Å²) >= 11 is 0. The number of rotatable bonds is 56. The van der Waals surface area contributed by atoms with E-state index in [2.05, 4.69) is 167 Å². The molecular formula is C72H116O6. The Kier molecular flexibility index (Phi) is 60.9. The maximum absolute atomic E-state index is 12.8. The molecule has 1 atom stereocenters. The molecule has 0 radical (unpaired) electrons. The molecule has 0 saturated carbocycles. The van der Waals surface area contributed by atoms with Crippen LogP contribution < -0.4 is 0 Å². The molecule has 0 aromatic heterocycles. The number of esters is 3. The van der Waals surface area contributed by atoms with Crippen molar-refractivity contribution in [2.24, 2.45) is 0 Å². The number of unbranched alkanes of at least 4 members (excludes halogenated alkanes) is 21. The Morgan fingerprint density at radius 1 is 0.269 bits per heavy atom. The topological polar surface area (TPSA) is 78.9 Å². The van der Waals surface area contributed by atoms with Gasteiger partial charge in [0.15, 0.2) is 6.10 Å². The van der Waals surface area contributed by atoms with Crippen LogP contribution in [-0.2, 0) is 28.6 Å². The Morgan fingerprint density at radius 3 is 0.808 bits per heavy atom. The summed E-state index contributed by atoms with van der Waals surface area (Å²) in [6.45, 7) is 6.41. The summed E-state index contributed by atoms with van der Waals surface area (Å²) in [6.07, 6.45) is 93.1. The lowest BCUT2D eigenvalue weighted by molar-refractivity contribution is -0.167. The van der Waals surface area contributed by atoms with E-state index in [0.717, 1.165) is 148 Å². The fourth-order valence-electron chi connectivity index (χ4n) is 8.32. The van der Waals surface area contributed by atoms with Crippen LogP contribution in [0.3, 0.4) is 0 Å². The van der Waals surface area contributed by atoms with E-state index in [4.69, 9.17) is 14.2 Å². The predicted molar refractivity (Wildman–Crippen MR) is 339 cm³/mol. The van der Waals surface area contributed by atoms with Crippen LogP contribution in [-0.4, -0.2) is 37.2 Å². The minimum atomic E-state index is -0.792. The Hall–Kier alpha value is -4.71. The molecule has 0 aromatic carbocycles. The SMILES string of the molecule is CC/C=C\C/C=C\C/C=C\C/C=C\C/C=C\C/C=C\C/C=C\C/C=C\C/C=C\CCCCCCCCCC(=O)OCC(COC(=O)CCCCCCCC)OC(=O)CCCCCCCC/C=C\C/C=C\C/C=C\CCCCC.